The molecule has 0 heterocycles. The Morgan fingerprint density at radius 2 is 1.92 bits per heavy atom. The van der Waals surface area contributed by atoms with E-state index in [1.165, 1.54) is 0 Å². The van der Waals surface area contributed by atoms with Gasteiger partial charge in [-0.25, -0.2) is 4.99 Å². The molecule has 24 heavy (non-hydrogen) atoms. The van der Waals surface area contributed by atoms with E-state index >= 15 is 0 Å². The van der Waals surface area contributed by atoms with Crippen LogP contribution in [0.4, 0.5) is 0 Å². The molecule has 0 spiro atoms. The van der Waals surface area contributed by atoms with Crippen molar-refractivity contribution in [1.82, 2.24) is 15.5 Å². The molecule has 0 saturated carbocycles. The minimum absolute atomic E-state index is 0.486. The molecular weight excluding hydrogens is 300 g/mol. The second kappa shape index (κ2) is 10.9. The van der Waals surface area contributed by atoms with E-state index < -0.39 is 0 Å². The number of nitrogens with zero attached hydrogens (tertiary/aromatic N) is 2. The van der Waals surface area contributed by atoms with Crippen molar-refractivity contribution in [3.63, 3.8) is 0 Å². The van der Waals surface area contributed by atoms with Gasteiger partial charge in [-0.15, -0.1) is 0 Å². The highest BCUT2D eigenvalue weighted by molar-refractivity contribution is 5.79. The lowest BCUT2D eigenvalue weighted by molar-refractivity contribution is 0.254. The molecule has 0 bridgehead atoms. The maximum absolute atomic E-state index is 5.39. The van der Waals surface area contributed by atoms with E-state index in [9.17, 15) is 0 Å². The van der Waals surface area contributed by atoms with E-state index in [0.717, 1.165) is 36.8 Å². The van der Waals surface area contributed by atoms with Crippen molar-refractivity contribution in [3.05, 3.63) is 29.8 Å². The van der Waals surface area contributed by atoms with Crippen LogP contribution in [-0.2, 0) is 6.54 Å². The molecule has 0 radical (unpaired) electrons. The van der Waals surface area contributed by atoms with Crippen LogP contribution in [0.5, 0.6) is 5.75 Å². The van der Waals surface area contributed by atoms with Gasteiger partial charge in [-0.3, -0.25) is 0 Å². The highest BCUT2D eigenvalue weighted by Gasteiger charge is 2.13. The summed E-state index contributed by atoms with van der Waals surface area (Å²) in [6.07, 6.45) is 1.16. The highest BCUT2D eigenvalue weighted by atomic mass is 16.5. The van der Waals surface area contributed by atoms with Crippen molar-refractivity contribution in [2.45, 2.75) is 39.8 Å². The fraction of sp³-hybridized carbons (Fsp3) is 0.632. The third-order valence-electron chi connectivity index (χ3n) is 3.92. The summed E-state index contributed by atoms with van der Waals surface area (Å²) in [5.41, 5.74) is 1.09. The van der Waals surface area contributed by atoms with Crippen molar-refractivity contribution in [1.29, 1.82) is 0 Å². The van der Waals surface area contributed by atoms with Crippen molar-refractivity contribution in [3.8, 4) is 5.75 Å². The molecule has 0 amide bonds. The van der Waals surface area contributed by atoms with Crippen LogP contribution in [-0.4, -0.2) is 51.2 Å². The maximum Gasteiger partial charge on any atom is 0.191 e. The number of rotatable bonds is 9. The lowest BCUT2D eigenvalue weighted by Gasteiger charge is -2.27. The Morgan fingerprint density at radius 3 is 2.50 bits per heavy atom. The zero-order chi connectivity index (χ0) is 17.9. The number of methoxy groups -OCH3 is 1. The predicted molar refractivity (Wildman–Crippen MR) is 103 cm³/mol. The summed E-state index contributed by atoms with van der Waals surface area (Å²) in [5, 5.41) is 6.79. The number of para-hydroxylation sites is 1. The van der Waals surface area contributed by atoms with Crippen LogP contribution < -0.4 is 15.4 Å². The van der Waals surface area contributed by atoms with Crippen LogP contribution >= 0.6 is 0 Å². The Bertz CT molecular complexity index is 500. The first-order valence-corrected chi connectivity index (χ1v) is 8.78. The molecule has 0 fully saturated rings. The fourth-order valence-electron chi connectivity index (χ4n) is 2.57. The summed E-state index contributed by atoms with van der Waals surface area (Å²) in [6, 6.07) is 8.49. The second-order valence-electron chi connectivity index (χ2n) is 6.63. The van der Waals surface area contributed by atoms with Gasteiger partial charge in [-0.1, -0.05) is 32.0 Å². The van der Waals surface area contributed by atoms with Gasteiger partial charge in [0, 0.05) is 24.7 Å². The molecule has 1 aromatic carbocycles. The SMILES string of the molecule is CCNC(=NCc1ccccc1OC)NCC(CC(C)C)N(C)C. The average molecular weight is 335 g/mol. The number of aliphatic imine (C=N–C) groups is 1. The van der Waals surface area contributed by atoms with Crippen LogP contribution in [0.3, 0.4) is 0 Å². The smallest absolute Gasteiger partial charge is 0.191 e. The predicted octanol–water partition coefficient (Wildman–Crippen LogP) is 2.73. The van der Waals surface area contributed by atoms with Crippen LogP contribution in [0.2, 0.25) is 0 Å². The van der Waals surface area contributed by atoms with Crippen LogP contribution in [0.25, 0.3) is 0 Å². The number of hydrogen-bond donors (Lipinski definition) is 2. The molecule has 0 aromatic heterocycles. The summed E-state index contributed by atoms with van der Waals surface area (Å²) in [5.74, 6) is 2.40. The lowest BCUT2D eigenvalue weighted by Crippen LogP contribution is -2.45. The monoisotopic (exact) mass is 334 g/mol. The van der Waals surface area contributed by atoms with E-state index in [4.69, 9.17) is 9.73 Å². The molecule has 1 aromatic rings. The van der Waals surface area contributed by atoms with Crippen LogP contribution in [0.1, 0.15) is 32.8 Å². The van der Waals surface area contributed by atoms with Gasteiger partial charge >= 0.3 is 0 Å². The fourth-order valence-corrected chi connectivity index (χ4v) is 2.57. The molecular formula is C19H34N4O. The van der Waals surface area contributed by atoms with E-state index in [2.05, 4.69) is 50.4 Å². The normalized spacial score (nSPS) is 13.2. The Morgan fingerprint density at radius 1 is 1.21 bits per heavy atom. The zero-order valence-electron chi connectivity index (χ0n) is 16.1. The summed E-state index contributed by atoms with van der Waals surface area (Å²) in [7, 11) is 5.96. The Kier molecular flexibility index (Phi) is 9.23. The second-order valence-corrected chi connectivity index (χ2v) is 6.63. The van der Waals surface area contributed by atoms with Crippen molar-refractivity contribution in [2.24, 2.45) is 10.9 Å². The molecule has 5 heteroatoms. The van der Waals surface area contributed by atoms with E-state index in [0.29, 0.717) is 18.5 Å². The minimum atomic E-state index is 0.486. The molecule has 0 saturated heterocycles. The van der Waals surface area contributed by atoms with Crippen molar-refractivity contribution < 1.29 is 4.74 Å². The highest BCUT2D eigenvalue weighted by Crippen LogP contribution is 2.17. The number of nitrogens with one attached hydrogen (secondary N) is 2. The first-order chi connectivity index (χ1) is 11.5. The Balaban J connectivity index is 2.71. The standard InChI is InChI=1S/C19H34N4O/c1-7-20-19(22-14-17(23(4)5)12-15(2)3)21-13-16-10-8-9-11-18(16)24-6/h8-11,15,17H,7,12-14H2,1-6H3,(H2,20,21,22). The van der Waals surface area contributed by atoms with Gasteiger partial charge in [-0.2, -0.15) is 0 Å². The summed E-state index contributed by atoms with van der Waals surface area (Å²) in [4.78, 5) is 6.97. The molecule has 136 valence electrons. The largest absolute Gasteiger partial charge is 0.496 e. The van der Waals surface area contributed by atoms with E-state index in [1.54, 1.807) is 7.11 Å². The maximum atomic E-state index is 5.39. The Hall–Kier alpha value is -1.75. The van der Waals surface area contributed by atoms with Gasteiger partial charge in [0.15, 0.2) is 5.96 Å². The molecule has 1 rings (SSSR count). The average Bonchev–Trinajstić information content (AvgIpc) is 2.55. The van der Waals surface area contributed by atoms with Gasteiger partial charge in [0.2, 0.25) is 0 Å². The molecule has 1 unspecified atom stereocenters. The van der Waals surface area contributed by atoms with Gasteiger partial charge in [0.05, 0.1) is 13.7 Å². The van der Waals surface area contributed by atoms with Gasteiger partial charge < -0.3 is 20.3 Å². The summed E-state index contributed by atoms with van der Waals surface area (Å²) >= 11 is 0. The molecule has 0 aliphatic rings. The van der Waals surface area contributed by atoms with Crippen LogP contribution in [0.15, 0.2) is 29.3 Å². The Labute approximate surface area is 147 Å². The van der Waals surface area contributed by atoms with Crippen molar-refractivity contribution >= 4 is 5.96 Å². The molecule has 0 aliphatic carbocycles. The number of guanidine groups is 1. The van der Waals surface area contributed by atoms with Gasteiger partial charge in [0.25, 0.3) is 0 Å². The van der Waals surface area contributed by atoms with Gasteiger partial charge in [0.1, 0.15) is 5.75 Å². The number of hydrogen-bond acceptors (Lipinski definition) is 3. The molecule has 2 N–H and O–H groups in total. The number of benzene rings is 1. The number of likely N-dealkylation sites (N-methyl/N-ethyl adjacent to an activating group) is 1. The third-order valence-corrected chi connectivity index (χ3v) is 3.92. The zero-order valence-corrected chi connectivity index (χ0v) is 16.1. The van der Waals surface area contributed by atoms with E-state index in [1.807, 2.05) is 24.3 Å². The van der Waals surface area contributed by atoms with Gasteiger partial charge in [-0.05, 0) is 39.4 Å². The first kappa shape index (κ1) is 20.3. The lowest BCUT2D eigenvalue weighted by atomic mass is 10.0. The summed E-state index contributed by atoms with van der Waals surface area (Å²) < 4.78 is 5.39. The quantitative estimate of drug-likeness (QED) is 0.538. The first-order valence-electron chi connectivity index (χ1n) is 8.78. The minimum Gasteiger partial charge on any atom is -0.496 e. The topological polar surface area (TPSA) is 48.9 Å². The van der Waals surface area contributed by atoms with Crippen LogP contribution in [0, 0.1) is 5.92 Å². The molecule has 5 nitrogen and oxygen atoms in total. The summed E-state index contributed by atoms with van der Waals surface area (Å²) in [6.45, 7) is 8.92. The molecule has 0 aliphatic heterocycles. The van der Waals surface area contributed by atoms with Crippen molar-refractivity contribution in [2.75, 3.05) is 34.3 Å². The molecule has 1 atom stereocenters. The third kappa shape index (κ3) is 7.21. The number of ether oxygens (including phenoxy) is 1. The van der Waals surface area contributed by atoms with E-state index in [-0.39, 0.29) is 0 Å².